The second kappa shape index (κ2) is 6.80. The molecule has 19 heavy (non-hydrogen) atoms. The van der Waals surface area contributed by atoms with Crippen molar-refractivity contribution in [2.45, 2.75) is 38.5 Å². The van der Waals surface area contributed by atoms with Crippen LogP contribution in [0, 0.1) is 5.92 Å². The topological polar surface area (TPSA) is 20.2 Å². The van der Waals surface area contributed by atoms with Gasteiger partial charge in [-0.2, -0.15) is 0 Å². The van der Waals surface area contributed by atoms with Gasteiger partial charge in [0.15, 0.2) is 0 Å². The number of alkyl halides is 2. The zero-order valence-corrected chi connectivity index (χ0v) is 11.0. The molecule has 3 heteroatoms. The maximum absolute atomic E-state index is 12.7. The number of aliphatic hydroxyl groups excluding tert-OH is 1. The highest BCUT2D eigenvalue weighted by Gasteiger charge is 2.17. The maximum Gasteiger partial charge on any atom is 0.263 e. The highest BCUT2D eigenvalue weighted by molar-refractivity contribution is 5.54. The lowest BCUT2D eigenvalue weighted by atomic mass is 9.83. The van der Waals surface area contributed by atoms with Crippen LogP contribution in [0.4, 0.5) is 8.78 Å². The van der Waals surface area contributed by atoms with E-state index in [1.165, 1.54) is 31.4 Å². The molecule has 0 aliphatic heterocycles. The van der Waals surface area contributed by atoms with Gasteiger partial charge < -0.3 is 5.11 Å². The van der Waals surface area contributed by atoms with E-state index in [0.29, 0.717) is 5.92 Å². The number of benzene rings is 1. The van der Waals surface area contributed by atoms with Gasteiger partial charge in [0, 0.05) is 5.56 Å². The SMILES string of the molecule is OC/C(=C/c1cccc(C(F)F)c1)C1CCCCC1. The van der Waals surface area contributed by atoms with Crippen molar-refractivity contribution in [3.05, 3.63) is 41.0 Å². The summed E-state index contributed by atoms with van der Waals surface area (Å²) in [4.78, 5) is 0. The molecule has 1 nitrogen and oxygen atoms in total. The minimum Gasteiger partial charge on any atom is -0.392 e. The molecule has 0 heterocycles. The van der Waals surface area contributed by atoms with Gasteiger partial charge in [-0.3, -0.25) is 0 Å². The van der Waals surface area contributed by atoms with Gasteiger partial charge in [-0.15, -0.1) is 0 Å². The molecule has 0 spiro atoms. The molecule has 0 atom stereocenters. The molecular formula is C16H20F2O. The molecule has 0 saturated heterocycles. The summed E-state index contributed by atoms with van der Waals surface area (Å²) in [5, 5.41) is 9.50. The van der Waals surface area contributed by atoms with Gasteiger partial charge in [0.05, 0.1) is 6.61 Å². The van der Waals surface area contributed by atoms with Crippen molar-refractivity contribution < 1.29 is 13.9 Å². The lowest BCUT2D eigenvalue weighted by Gasteiger charge is -2.23. The molecule has 1 fully saturated rings. The predicted octanol–water partition coefficient (Wildman–Crippen LogP) is 4.58. The quantitative estimate of drug-likeness (QED) is 0.845. The van der Waals surface area contributed by atoms with Crippen molar-refractivity contribution in [2.75, 3.05) is 6.61 Å². The van der Waals surface area contributed by atoms with Gasteiger partial charge >= 0.3 is 0 Å². The molecule has 0 aromatic heterocycles. The van der Waals surface area contributed by atoms with E-state index in [0.717, 1.165) is 24.0 Å². The Labute approximate surface area is 113 Å². The van der Waals surface area contributed by atoms with E-state index in [9.17, 15) is 13.9 Å². The summed E-state index contributed by atoms with van der Waals surface area (Å²) in [6.45, 7) is 0.0174. The third-order valence-electron chi connectivity index (χ3n) is 3.83. The first-order valence-electron chi connectivity index (χ1n) is 6.90. The van der Waals surface area contributed by atoms with Gasteiger partial charge in [-0.1, -0.05) is 43.5 Å². The Kier molecular flexibility index (Phi) is 5.08. The number of aliphatic hydroxyl groups is 1. The zero-order valence-electron chi connectivity index (χ0n) is 11.0. The molecule has 2 rings (SSSR count). The Bertz CT molecular complexity index is 434. The Balaban J connectivity index is 2.19. The van der Waals surface area contributed by atoms with Crippen molar-refractivity contribution in [3.8, 4) is 0 Å². The van der Waals surface area contributed by atoms with Crippen molar-refractivity contribution >= 4 is 6.08 Å². The fourth-order valence-electron chi connectivity index (χ4n) is 2.76. The minimum atomic E-state index is -2.44. The molecule has 0 unspecified atom stereocenters. The minimum absolute atomic E-state index is 0.0174. The molecule has 1 aliphatic carbocycles. The molecule has 0 radical (unpaired) electrons. The number of rotatable bonds is 4. The molecule has 1 aliphatic rings. The van der Waals surface area contributed by atoms with Gasteiger partial charge in [-0.25, -0.2) is 8.78 Å². The molecule has 1 saturated carbocycles. The van der Waals surface area contributed by atoms with E-state index in [1.807, 2.05) is 12.1 Å². The smallest absolute Gasteiger partial charge is 0.263 e. The average Bonchev–Trinajstić information content (AvgIpc) is 2.46. The lowest BCUT2D eigenvalue weighted by molar-refractivity contribution is 0.151. The van der Waals surface area contributed by atoms with E-state index >= 15 is 0 Å². The van der Waals surface area contributed by atoms with Crippen LogP contribution in [-0.4, -0.2) is 11.7 Å². The number of hydrogen-bond acceptors (Lipinski definition) is 1. The van der Waals surface area contributed by atoms with E-state index < -0.39 is 6.43 Å². The monoisotopic (exact) mass is 266 g/mol. The Morgan fingerprint density at radius 2 is 2.00 bits per heavy atom. The van der Waals surface area contributed by atoms with Crippen LogP contribution in [0.1, 0.15) is 49.7 Å². The number of halogens is 2. The third kappa shape index (κ3) is 3.87. The van der Waals surface area contributed by atoms with E-state index in [2.05, 4.69) is 0 Å². The summed E-state index contributed by atoms with van der Waals surface area (Å²) >= 11 is 0. The molecule has 1 N–H and O–H groups in total. The van der Waals surface area contributed by atoms with Crippen LogP contribution in [0.2, 0.25) is 0 Å². The van der Waals surface area contributed by atoms with Crippen molar-refractivity contribution in [1.82, 2.24) is 0 Å². The standard InChI is InChI=1S/C16H20F2O/c17-16(18)14-8-4-5-12(9-14)10-15(11-19)13-6-2-1-3-7-13/h4-5,8-10,13,16,19H,1-3,6-7,11H2/b15-10-. The summed E-state index contributed by atoms with van der Waals surface area (Å²) in [5.41, 5.74) is 1.77. The summed E-state index contributed by atoms with van der Waals surface area (Å²) in [6, 6.07) is 6.39. The largest absolute Gasteiger partial charge is 0.392 e. The van der Waals surface area contributed by atoms with Gasteiger partial charge in [0.25, 0.3) is 6.43 Å². The summed E-state index contributed by atoms with van der Waals surface area (Å²) in [7, 11) is 0. The second-order valence-electron chi connectivity index (χ2n) is 5.18. The first-order chi connectivity index (χ1) is 9.20. The van der Waals surface area contributed by atoms with E-state index in [1.54, 1.807) is 6.07 Å². The molecule has 104 valence electrons. The van der Waals surface area contributed by atoms with Crippen LogP contribution >= 0.6 is 0 Å². The molecule has 0 amide bonds. The maximum atomic E-state index is 12.7. The molecule has 1 aromatic carbocycles. The third-order valence-corrected chi connectivity index (χ3v) is 3.83. The predicted molar refractivity (Wildman–Crippen MR) is 73.0 cm³/mol. The molecular weight excluding hydrogens is 246 g/mol. The Morgan fingerprint density at radius 1 is 1.26 bits per heavy atom. The lowest BCUT2D eigenvalue weighted by Crippen LogP contribution is -2.11. The summed E-state index contributed by atoms with van der Waals surface area (Å²) < 4.78 is 25.3. The van der Waals surface area contributed by atoms with E-state index in [-0.39, 0.29) is 12.2 Å². The summed E-state index contributed by atoms with van der Waals surface area (Å²) in [6.07, 6.45) is 5.28. The van der Waals surface area contributed by atoms with Crippen molar-refractivity contribution in [1.29, 1.82) is 0 Å². The first kappa shape index (κ1) is 14.2. The van der Waals surface area contributed by atoms with Crippen LogP contribution in [0.5, 0.6) is 0 Å². The molecule has 0 bridgehead atoms. The van der Waals surface area contributed by atoms with Gasteiger partial charge in [-0.05, 0) is 36.0 Å². The van der Waals surface area contributed by atoms with E-state index in [4.69, 9.17) is 0 Å². The highest BCUT2D eigenvalue weighted by Crippen LogP contribution is 2.31. The fourth-order valence-corrected chi connectivity index (χ4v) is 2.76. The Morgan fingerprint density at radius 3 is 2.63 bits per heavy atom. The van der Waals surface area contributed by atoms with Gasteiger partial charge in [0.2, 0.25) is 0 Å². The van der Waals surface area contributed by atoms with Crippen molar-refractivity contribution in [2.24, 2.45) is 5.92 Å². The highest BCUT2D eigenvalue weighted by atomic mass is 19.3. The molecule has 1 aromatic rings. The van der Waals surface area contributed by atoms with Crippen LogP contribution in [0.25, 0.3) is 6.08 Å². The average molecular weight is 266 g/mol. The van der Waals surface area contributed by atoms with Crippen LogP contribution in [-0.2, 0) is 0 Å². The fraction of sp³-hybridized carbons (Fsp3) is 0.500. The second-order valence-corrected chi connectivity index (χ2v) is 5.18. The Hall–Kier alpha value is -1.22. The zero-order chi connectivity index (χ0) is 13.7. The van der Waals surface area contributed by atoms with Gasteiger partial charge in [0.1, 0.15) is 0 Å². The number of hydrogen-bond donors (Lipinski definition) is 1. The summed E-state index contributed by atoms with van der Waals surface area (Å²) in [5.74, 6) is 0.411. The van der Waals surface area contributed by atoms with Crippen LogP contribution in [0.3, 0.4) is 0 Å². The first-order valence-corrected chi connectivity index (χ1v) is 6.90. The van der Waals surface area contributed by atoms with Crippen LogP contribution in [0.15, 0.2) is 29.8 Å². The van der Waals surface area contributed by atoms with Crippen molar-refractivity contribution in [3.63, 3.8) is 0 Å². The normalized spacial score (nSPS) is 18.0. The van der Waals surface area contributed by atoms with Crippen LogP contribution < -0.4 is 0 Å².